The lowest BCUT2D eigenvalue weighted by atomic mass is 9.85. The van der Waals surface area contributed by atoms with Crippen molar-refractivity contribution >= 4 is 44.1 Å². The van der Waals surface area contributed by atoms with Crippen LogP contribution >= 0.6 is 0 Å². The number of nitrogens with one attached hydrogen (secondary N) is 2. The van der Waals surface area contributed by atoms with Gasteiger partial charge in [-0.05, 0) is 88.4 Å². The summed E-state index contributed by atoms with van der Waals surface area (Å²) < 4.78 is 0. The van der Waals surface area contributed by atoms with Crippen LogP contribution in [-0.4, -0.2) is 39.9 Å². The van der Waals surface area contributed by atoms with E-state index in [9.17, 15) is 0 Å². The molecule has 0 fully saturated rings. The molecule has 13 rings (SSSR count). The predicted octanol–water partition coefficient (Wildman–Crippen LogP) is 18.7. The second-order valence-electron chi connectivity index (χ2n) is 25.8. The average molecular weight is 1040 g/mol. The quantitative estimate of drug-likeness (QED) is 0.182. The van der Waals surface area contributed by atoms with Crippen molar-refractivity contribution in [2.24, 2.45) is 0 Å². The first-order valence-electron chi connectivity index (χ1n) is 27.9. The summed E-state index contributed by atoms with van der Waals surface area (Å²) in [5, 5.41) is 3.74. The number of aromatic amines is 2. The molecule has 0 atom stereocenters. The maximum atomic E-state index is 5.61. The highest BCUT2D eigenvalue weighted by Crippen LogP contribution is 2.45. The fraction of sp³-hybridized carbons (Fsp3) is 0.222. The topological polar surface area (TPSA) is 109 Å². The number of benzene rings is 8. The fourth-order valence-corrected chi connectivity index (χ4v) is 11.5. The van der Waals surface area contributed by atoms with Crippen LogP contribution in [0.1, 0.15) is 105 Å². The van der Waals surface area contributed by atoms with E-state index < -0.39 is 0 Å². The zero-order valence-electron chi connectivity index (χ0n) is 47.8. The van der Waals surface area contributed by atoms with E-state index >= 15 is 0 Å². The third-order valence-corrected chi connectivity index (χ3v) is 16.2. The highest BCUT2D eigenvalue weighted by molar-refractivity contribution is 6.20. The van der Waals surface area contributed by atoms with Crippen molar-refractivity contribution in [1.82, 2.24) is 39.9 Å². The molecule has 3 aromatic heterocycles. The molecule has 0 amide bonds. The van der Waals surface area contributed by atoms with E-state index in [4.69, 9.17) is 29.9 Å². The van der Waals surface area contributed by atoms with Crippen molar-refractivity contribution < 1.29 is 0 Å². The third-order valence-electron chi connectivity index (χ3n) is 16.2. The Kier molecular flexibility index (Phi) is 11.6. The van der Waals surface area contributed by atoms with Crippen LogP contribution in [0.25, 0.3) is 134 Å². The Morgan fingerprint density at radius 3 is 0.613 bits per heavy atom. The molecule has 8 nitrogen and oxygen atoms in total. The molecule has 0 saturated carbocycles. The molecule has 0 aliphatic carbocycles. The van der Waals surface area contributed by atoms with E-state index in [1.807, 2.05) is 24.3 Å². The van der Waals surface area contributed by atoms with Gasteiger partial charge in [-0.1, -0.05) is 253 Å². The summed E-state index contributed by atoms with van der Waals surface area (Å²) in [6.45, 7) is 27.0. The maximum Gasteiger partial charge on any atom is 0.164 e. The van der Waals surface area contributed by atoms with Crippen LogP contribution in [0.15, 0.2) is 170 Å². The second-order valence-corrected chi connectivity index (χ2v) is 25.8. The molecule has 5 heterocycles. The first kappa shape index (κ1) is 50.6. The molecule has 2 N–H and O–H groups in total. The average Bonchev–Trinajstić information content (AvgIpc) is 4.20. The maximum absolute atomic E-state index is 5.61. The van der Waals surface area contributed by atoms with Gasteiger partial charge in [-0.3, -0.25) is 0 Å². The van der Waals surface area contributed by atoms with E-state index in [1.165, 1.54) is 22.3 Å². The lowest BCUT2D eigenvalue weighted by Crippen LogP contribution is -2.10. The number of rotatable bonds is 4. The first-order chi connectivity index (χ1) is 38.2. The molecule has 0 spiro atoms. The number of H-pyrrole nitrogens is 2. The molecular weight excluding hydrogens is 977 g/mol. The second kappa shape index (κ2) is 18.3. The van der Waals surface area contributed by atoms with Crippen molar-refractivity contribution in [3.63, 3.8) is 0 Å². The monoisotopic (exact) mass is 1040 g/mol. The van der Waals surface area contributed by atoms with Gasteiger partial charge in [-0.25, -0.2) is 29.9 Å². The standard InChI is InChI=1S/C72H66N8/c1-69(2,3)45-29-21-41(22-30-45)49-37-38-50(42-23-31-46(32-24-42)70(4,5)6)58-57(49)65-75-61-53-17-13-14-18-54(53)63(73-61)77-67-59-51(43-25-33-47(34-26-43)71(7,8)9)39-40-52(44-27-35-48(36-28-44)72(10,11)12)60(59)68(80-67)78-64-56-20-16-15-19-55(56)62(74-64)76-66(58)79-65/h13-40H,1-12H3,(H2,73,74,75,76,77,78,79,80). The predicted molar refractivity (Wildman–Crippen MR) is 333 cm³/mol. The smallest absolute Gasteiger partial charge is 0.164 e. The minimum Gasteiger partial charge on any atom is -0.324 e. The van der Waals surface area contributed by atoms with Crippen LogP contribution < -0.4 is 0 Å². The molecule has 0 radical (unpaired) electrons. The minimum atomic E-state index is -0.0133. The molecule has 8 aromatic carbocycles. The van der Waals surface area contributed by atoms with E-state index in [-0.39, 0.29) is 21.7 Å². The van der Waals surface area contributed by atoms with Gasteiger partial charge < -0.3 is 9.97 Å². The van der Waals surface area contributed by atoms with Gasteiger partial charge in [0.1, 0.15) is 22.6 Å². The summed E-state index contributed by atoms with van der Waals surface area (Å²) >= 11 is 0. The van der Waals surface area contributed by atoms with Crippen molar-refractivity contribution in [2.45, 2.75) is 105 Å². The molecule has 11 aromatic rings. The Hall–Kier alpha value is -8.88. The number of fused-ring (bicyclic) bond motifs is 20. The van der Waals surface area contributed by atoms with Gasteiger partial charge in [0.05, 0.1) is 0 Å². The number of aromatic nitrogens is 8. The van der Waals surface area contributed by atoms with Gasteiger partial charge in [-0.15, -0.1) is 0 Å². The summed E-state index contributed by atoms with van der Waals surface area (Å²) in [5.41, 5.74) is 19.5. The molecule has 0 saturated heterocycles. The Morgan fingerprint density at radius 1 is 0.225 bits per heavy atom. The number of hydrogen-bond donors (Lipinski definition) is 2. The third kappa shape index (κ3) is 8.78. The Bertz CT molecular complexity index is 3890. The van der Waals surface area contributed by atoms with Crippen LogP contribution in [0.3, 0.4) is 0 Å². The normalized spacial score (nSPS) is 12.8. The van der Waals surface area contributed by atoms with Gasteiger partial charge in [-0.2, -0.15) is 0 Å². The van der Waals surface area contributed by atoms with Gasteiger partial charge in [0.25, 0.3) is 0 Å². The van der Waals surface area contributed by atoms with Gasteiger partial charge in [0.15, 0.2) is 23.3 Å². The van der Waals surface area contributed by atoms with Crippen LogP contribution in [0, 0.1) is 0 Å². The molecular formula is C72H66N8. The van der Waals surface area contributed by atoms with E-state index in [2.05, 4.69) is 239 Å². The van der Waals surface area contributed by atoms with Crippen molar-refractivity contribution in [3.05, 3.63) is 192 Å². The van der Waals surface area contributed by atoms with Crippen LogP contribution in [-0.2, 0) is 21.7 Å². The summed E-state index contributed by atoms with van der Waals surface area (Å²) in [7, 11) is 0. The highest BCUT2D eigenvalue weighted by atomic mass is 15.1. The molecule has 0 unspecified atom stereocenters. The van der Waals surface area contributed by atoms with E-state index in [0.717, 1.165) is 88.3 Å². The molecule has 394 valence electrons. The molecule has 8 heteroatoms. The first-order valence-corrected chi connectivity index (χ1v) is 27.9. The van der Waals surface area contributed by atoms with Crippen LogP contribution in [0.4, 0.5) is 0 Å². The van der Waals surface area contributed by atoms with Crippen molar-refractivity contribution in [1.29, 1.82) is 0 Å². The Morgan fingerprint density at radius 2 is 0.425 bits per heavy atom. The number of nitrogens with zero attached hydrogens (tertiary/aromatic N) is 6. The van der Waals surface area contributed by atoms with E-state index in [0.29, 0.717) is 45.9 Å². The molecule has 8 bridgehead atoms. The van der Waals surface area contributed by atoms with Gasteiger partial charge in [0, 0.05) is 43.8 Å². The summed E-state index contributed by atoms with van der Waals surface area (Å²) in [6.07, 6.45) is 0. The molecule has 2 aliphatic heterocycles. The van der Waals surface area contributed by atoms with Gasteiger partial charge >= 0.3 is 0 Å². The molecule has 2 aliphatic rings. The zero-order chi connectivity index (χ0) is 55.6. The lowest BCUT2D eigenvalue weighted by Gasteiger charge is -2.20. The fourth-order valence-electron chi connectivity index (χ4n) is 11.5. The zero-order valence-corrected chi connectivity index (χ0v) is 47.8. The Balaban J connectivity index is 1.19. The largest absolute Gasteiger partial charge is 0.324 e. The van der Waals surface area contributed by atoms with Crippen LogP contribution in [0.2, 0.25) is 0 Å². The Labute approximate surface area is 468 Å². The summed E-state index contributed by atoms with van der Waals surface area (Å²) in [5.74, 6) is 2.20. The number of hydrogen-bond acceptors (Lipinski definition) is 6. The van der Waals surface area contributed by atoms with Crippen molar-refractivity contribution in [3.8, 4) is 90.1 Å². The minimum absolute atomic E-state index is 0.0133. The highest BCUT2D eigenvalue weighted by Gasteiger charge is 2.27. The summed E-state index contributed by atoms with van der Waals surface area (Å²) in [4.78, 5) is 40.9. The van der Waals surface area contributed by atoms with Crippen molar-refractivity contribution in [2.75, 3.05) is 0 Å². The van der Waals surface area contributed by atoms with Crippen LogP contribution in [0.5, 0.6) is 0 Å². The lowest BCUT2D eigenvalue weighted by molar-refractivity contribution is 0.590. The van der Waals surface area contributed by atoms with E-state index in [1.54, 1.807) is 0 Å². The molecule has 80 heavy (non-hydrogen) atoms. The van der Waals surface area contributed by atoms with Gasteiger partial charge in [0.2, 0.25) is 0 Å². The SMILES string of the molecule is CC(C)(C)c1ccc(-c2ccc(-c3ccc(C(C)(C)C)cc3)c3c4nc5nc(nc6[nH]c(nc7nc(nc([nH]4)c23)-c2ccccc2-7)c2c(-c3ccc(C(C)(C)C)cc3)ccc(-c3ccc(C(C)(C)C)cc3)c62)-c2ccccc2-5)cc1. The summed E-state index contributed by atoms with van der Waals surface area (Å²) in [6, 6.07) is 61.3.